The van der Waals surface area contributed by atoms with Crippen molar-refractivity contribution in [1.82, 2.24) is 5.32 Å². The summed E-state index contributed by atoms with van der Waals surface area (Å²) in [5, 5.41) is 3.48. The Morgan fingerprint density at radius 2 is 2.21 bits per heavy atom. The van der Waals surface area contributed by atoms with E-state index in [4.69, 9.17) is 9.47 Å². The topological polar surface area (TPSA) is 30.5 Å². The molecule has 3 nitrogen and oxygen atoms in total. The van der Waals surface area contributed by atoms with Crippen molar-refractivity contribution in [3.8, 4) is 5.75 Å². The van der Waals surface area contributed by atoms with Crippen LogP contribution in [-0.2, 0) is 17.7 Å². The number of ether oxygens (including phenoxy) is 2. The second-order valence-electron chi connectivity index (χ2n) is 5.92. The largest absolute Gasteiger partial charge is 0.487 e. The predicted molar refractivity (Wildman–Crippen MR) is 77.6 cm³/mol. The fourth-order valence-corrected chi connectivity index (χ4v) is 2.42. The van der Waals surface area contributed by atoms with Crippen molar-refractivity contribution in [3.05, 3.63) is 29.3 Å². The van der Waals surface area contributed by atoms with Crippen molar-refractivity contribution in [2.75, 3.05) is 13.2 Å². The van der Waals surface area contributed by atoms with Gasteiger partial charge in [-0.15, -0.1) is 0 Å². The zero-order valence-electron chi connectivity index (χ0n) is 12.5. The van der Waals surface area contributed by atoms with E-state index in [9.17, 15) is 0 Å². The third-order valence-corrected chi connectivity index (χ3v) is 3.35. The maximum atomic E-state index is 5.89. The Balaban J connectivity index is 1.90. The summed E-state index contributed by atoms with van der Waals surface area (Å²) in [5.74, 6) is 1.04. The van der Waals surface area contributed by atoms with Crippen molar-refractivity contribution >= 4 is 0 Å². The Morgan fingerprint density at radius 1 is 1.42 bits per heavy atom. The number of nitrogens with one attached hydrogen (secondary N) is 1. The summed E-state index contributed by atoms with van der Waals surface area (Å²) in [5.41, 5.74) is 2.57. The highest BCUT2D eigenvalue weighted by Gasteiger charge is 2.29. The van der Waals surface area contributed by atoms with Gasteiger partial charge in [0.25, 0.3) is 0 Å². The predicted octanol–water partition coefficient (Wildman–Crippen LogP) is 2.91. The van der Waals surface area contributed by atoms with E-state index in [1.165, 1.54) is 11.1 Å². The first-order valence-corrected chi connectivity index (χ1v) is 7.12. The fourth-order valence-electron chi connectivity index (χ4n) is 2.42. The fraction of sp³-hybridized carbons (Fsp3) is 0.625. The number of hydrogen-bond donors (Lipinski definition) is 1. The standard InChI is InChI=1S/C16H25NO2/c1-5-18-11-12(2)17-10-13-6-7-15-14(8-13)9-16(3,4)19-15/h6-8,12,17H,5,9-11H2,1-4H3. The van der Waals surface area contributed by atoms with Crippen LogP contribution in [0.2, 0.25) is 0 Å². The molecule has 0 aromatic heterocycles. The molecule has 1 atom stereocenters. The van der Waals surface area contributed by atoms with Gasteiger partial charge in [0.1, 0.15) is 11.4 Å². The lowest BCUT2D eigenvalue weighted by Crippen LogP contribution is -2.30. The van der Waals surface area contributed by atoms with Crippen LogP contribution in [0.15, 0.2) is 18.2 Å². The van der Waals surface area contributed by atoms with Crippen LogP contribution >= 0.6 is 0 Å². The van der Waals surface area contributed by atoms with Crippen LogP contribution in [-0.4, -0.2) is 24.9 Å². The molecule has 0 saturated heterocycles. The van der Waals surface area contributed by atoms with E-state index in [1.54, 1.807) is 0 Å². The van der Waals surface area contributed by atoms with Crippen LogP contribution in [0.25, 0.3) is 0 Å². The van der Waals surface area contributed by atoms with Gasteiger partial charge in [-0.1, -0.05) is 12.1 Å². The van der Waals surface area contributed by atoms with E-state index in [2.05, 4.69) is 44.3 Å². The van der Waals surface area contributed by atoms with Crippen LogP contribution in [0.3, 0.4) is 0 Å². The molecule has 0 saturated carbocycles. The van der Waals surface area contributed by atoms with Crippen LogP contribution in [0.4, 0.5) is 0 Å². The van der Waals surface area contributed by atoms with E-state index < -0.39 is 0 Å². The van der Waals surface area contributed by atoms with Gasteiger partial charge >= 0.3 is 0 Å². The molecule has 2 rings (SSSR count). The number of hydrogen-bond acceptors (Lipinski definition) is 3. The molecule has 3 heteroatoms. The normalized spacial score (nSPS) is 17.9. The maximum absolute atomic E-state index is 5.89. The van der Waals surface area contributed by atoms with Gasteiger partial charge in [-0.3, -0.25) is 0 Å². The van der Waals surface area contributed by atoms with Crippen molar-refractivity contribution in [2.24, 2.45) is 0 Å². The Bertz CT molecular complexity index is 429. The molecule has 1 N–H and O–H groups in total. The number of fused-ring (bicyclic) bond motifs is 1. The Hall–Kier alpha value is -1.06. The monoisotopic (exact) mass is 263 g/mol. The minimum Gasteiger partial charge on any atom is -0.487 e. The Kier molecular flexibility index (Phi) is 4.48. The van der Waals surface area contributed by atoms with Crippen molar-refractivity contribution in [1.29, 1.82) is 0 Å². The van der Waals surface area contributed by atoms with Crippen molar-refractivity contribution in [3.63, 3.8) is 0 Å². The first-order valence-electron chi connectivity index (χ1n) is 7.12. The molecule has 0 radical (unpaired) electrons. The van der Waals surface area contributed by atoms with Gasteiger partial charge in [-0.2, -0.15) is 0 Å². The summed E-state index contributed by atoms with van der Waals surface area (Å²) in [7, 11) is 0. The SMILES string of the molecule is CCOCC(C)NCc1ccc2c(c1)CC(C)(C)O2. The molecular formula is C16H25NO2. The van der Waals surface area contributed by atoms with E-state index in [0.717, 1.165) is 31.9 Å². The van der Waals surface area contributed by atoms with E-state index in [1.807, 2.05) is 6.92 Å². The molecule has 0 spiro atoms. The molecule has 1 heterocycles. The molecule has 1 aromatic carbocycles. The van der Waals surface area contributed by atoms with Crippen molar-refractivity contribution in [2.45, 2.75) is 52.3 Å². The van der Waals surface area contributed by atoms with Gasteiger partial charge in [-0.25, -0.2) is 0 Å². The first-order chi connectivity index (χ1) is 9.00. The van der Waals surface area contributed by atoms with Crippen molar-refractivity contribution < 1.29 is 9.47 Å². The molecule has 1 unspecified atom stereocenters. The van der Waals surface area contributed by atoms with Gasteiger partial charge in [0.15, 0.2) is 0 Å². The molecule has 0 amide bonds. The van der Waals surface area contributed by atoms with Gasteiger partial charge in [0.05, 0.1) is 6.61 Å². The average Bonchev–Trinajstić information content (AvgIpc) is 2.66. The summed E-state index contributed by atoms with van der Waals surface area (Å²) >= 11 is 0. The van der Waals surface area contributed by atoms with E-state index >= 15 is 0 Å². The Morgan fingerprint density at radius 3 is 2.95 bits per heavy atom. The summed E-state index contributed by atoms with van der Waals surface area (Å²) < 4.78 is 11.3. The minimum absolute atomic E-state index is 0.0589. The molecule has 19 heavy (non-hydrogen) atoms. The lowest BCUT2D eigenvalue weighted by Gasteiger charge is -2.16. The summed E-state index contributed by atoms with van der Waals surface area (Å²) in [6.45, 7) is 10.9. The molecule has 0 aliphatic carbocycles. The lowest BCUT2D eigenvalue weighted by atomic mass is 10.0. The third-order valence-electron chi connectivity index (χ3n) is 3.35. The van der Waals surface area contributed by atoms with E-state index in [-0.39, 0.29) is 5.60 Å². The smallest absolute Gasteiger partial charge is 0.123 e. The highest BCUT2D eigenvalue weighted by atomic mass is 16.5. The van der Waals surface area contributed by atoms with Crippen LogP contribution < -0.4 is 10.1 Å². The van der Waals surface area contributed by atoms with E-state index in [0.29, 0.717) is 6.04 Å². The Labute approximate surface area is 116 Å². The molecular weight excluding hydrogens is 238 g/mol. The second kappa shape index (κ2) is 5.93. The number of rotatable bonds is 6. The average molecular weight is 263 g/mol. The number of benzene rings is 1. The third kappa shape index (κ3) is 3.95. The van der Waals surface area contributed by atoms with Crippen LogP contribution in [0.1, 0.15) is 38.8 Å². The minimum atomic E-state index is -0.0589. The molecule has 1 aromatic rings. The second-order valence-corrected chi connectivity index (χ2v) is 5.92. The quantitative estimate of drug-likeness (QED) is 0.856. The van der Waals surface area contributed by atoms with Gasteiger partial charge < -0.3 is 14.8 Å². The molecule has 0 bridgehead atoms. The van der Waals surface area contributed by atoms with Crippen LogP contribution in [0.5, 0.6) is 5.75 Å². The molecule has 106 valence electrons. The van der Waals surface area contributed by atoms with Gasteiger partial charge in [0, 0.05) is 25.6 Å². The summed E-state index contributed by atoms with van der Waals surface area (Å²) in [6, 6.07) is 6.86. The summed E-state index contributed by atoms with van der Waals surface area (Å²) in [4.78, 5) is 0. The highest BCUT2D eigenvalue weighted by molar-refractivity contribution is 5.41. The zero-order valence-corrected chi connectivity index (χ0v) is 12.5. The maximum Gasteiger partial charge on any atom is 0.123 e. The molecule has 1 aliphatic heterocycles. The molecule has 0 fully saturated rings. The van der Waals surface area contributed by atoms with Crippen LogP contribution in [0, 0.1) is 0 Å². The van der Waals surface area contributed by atoms with Gasteiger partial charge in [-0.05, 0) is 44.9 Å². The summed E-state index contributed by atoms with van der Waals surface area (Å²) in [6.07, 6.45) is 0.991. The zero-order chi connectivity index (χ0) is 13.9. The first kappa shape index (κ1) is 14.4. The lowest BCUT2D eigenvalue weighted by molar-refractivity contribution is 0.127. The molecule has 1 aliphatic rings. The van der Waals surface area contributed by atoms with Gasteiger partial charge in [0.2, 0.25) is 0 Å². The highest BCUT2D eigenvalue weighted by Crippen LogP contribution is 2.35.